The Kier molecular flexibility index (Phi) is 3.79. The van der Waals surface area contributed by atoms with E-state index in [1.807, 2.05) is 74.5 Å². The highest BCUT2D eigenvalue weighted by atomic mass is 16.6. The Labute approximate surface area is 129 Å². The first-order chi connectivity index (χ1) is 10.6. The van der Waals surface area contributed by atoms with Crippen LogP contribution in [0.5, 0.6) is 5.75 Å². The van der Waals surface area contributed by atoms with Gasteiger partial charge in [0.05, 0.1) is 5.69 Å². The van der Waals surface area contributed by atoms with Crippen molar-refractivity contribution in [3.63, 3.8) is 0 Å². The van der Waals surface area contributed by atoms with Crippen LogP contribution in [0.2, 0.25) is 0 Å². The third-order valence-corrected chi connectivity index (χ3v) is 3.57. The zero-order chi connectivity index (χ0) is 15.5. The molecule has 22 heavy (non-hydrogen) atoms. The number of hydrogen-bond donors (Lipinski definition) is 1. The molecule has 0 atom stereocenters. The summed E-state index contributed by atoms with van der Waals surface area (Å²) < 4.78 is 5.43. The summed E-state index contributed by atoms with van der Waals surface area (Å²) in [5.74, 6) is 0.581. The molecule has 3 aromatic carbocycles. The Hall–Kier alpha value is -2.81. The molecule has 0 bridgehead atoms. The first-order valence-electron chi connectivity index (χ1n) is 7.17. The number of benzene rings is 3. The van der Waals surface area contributed by atoms with Crippen LogP contribution in [0.4, 0.5) is 10.5 Å². The second-order valence-corrected chi connectivity index (χ2v) is 5.31. The van der Waals surface area contributed by atoms with Crippen LogP contribution in [0.25, 0.3) is 10.8 Å². The highest BCUT2D eigenvalue weighted by Crippen LogP contribution is 2.24. The molecule has 0 saturated heterocycles. The van der Waals surface area contributed by atoms with Gasteiger partial charge in [-0.1, -0.05) is 48.5 Å². The normalized spacial score (nSPS) is 10.5. The van der Waals surface area contributed by atoms with Gasteiger partial charge in [0, 0.05) is 5.39 Å². The van der Waals surface area contributed by atoms with Crippen molar-refractivity contribution in [3.8, 4) is 5.75 Å². The lowest BCUT2D eigenvalue weighted by atomic mass is 10.1. The highest BCUT2D eigenvalue weighted by Gasteiger charge is 2.09. The second-order valence-electron chi connectivity index (χ2n) is 5.31. The van der Waals surface area contributed by atoms with Crippen molar-refractivity contribution < 1.29 is 9.53 Å². The summed E-state index contributed by atoms with van der Waals surface area (Å²) in [7, 11) is 0. The van der Waals surface area contributed by atoms with Crippen molar-refractivity contribution >= 4 is 22.6 Å². The zero-order valence-electron chi connectivity index (χ0n) is 12.6. The van der Waals surface area contributed by atoms with Gasteiger partial charge in [0.2, 0.25) is 0 Å². The summed E-state index contributed by atoms with van der Waals surface area (Å²) in [5.41, 5.74) is 2.73. The van der Waals surface area contributed by atoms with Gasteiger partial charge < -0.3 is 4.74 Å². The molecule has 0 saturated carbocycles. The van der Waals surface area contributed by atoms with Gasteiger partial charge in [0.1, 0.15) is 5.75 Å². The summed E-state index contributed by atoms with van der Waals surface area (Å²) in [4.78, 5) is 12.2. The SMILES string of the molecule is Cc1ccc(C)c(OC(=O)Nc2cccc3ccccc23)c1. The highest BCUT2D eigenvalue weighted by molar-refractivity contribution is 6.00. The molecule has 0 radical (unpaired) electrons. The van der Waals surface area contributed by atoms with Crippen molar-refractivity contribution in [2.45, 2.75) is 13.8 Å². The fourth-order valence-electron chi connectivity index (χ4n) is 2.39. The standard InChI is InChI=1S/C19H17NO2/c1-13-10-11-14(2)18(12-13)22-19(21)20-17-9-5-7-15-6-3-4-8-16(15)17/h3-12H,1-2H3,(H,20,21). The van der Waals surface area contributed by atoms with Crippen LogP contribution in [-0.4, -0.2) is 6.09 Å². The van der Waals surface area contributed by atoms with E-state index >= 15 is 0 Å². The second kappa shape index (κ2) is 5.90. The largest absolute Gasteiger partial charge is 0.417 e. The summed E-state index contributed by atoms with van der Waals surface area (Å²) in [5, 5.41) is 4.88. The molecule has 1 N–H and O–H groups in total. The Bertz CT molecular complexity index is 834. The van der Waals surface area contributed by atoms with Crippen molar-refractivity contribution in [3.05, 3.63) is 71.8 Å². The van der Waals surface area contributed by atoms with Gasteiger partial charge in [-0.3, -0.25) is 5.32 Å². The van der Waals surface area contributed by atoms with Gasteiger partial charge in [-0.15, -0.1) is 0 Å². The number of fused-ring (bicyclic) bond motifs is 1. The molecule has 3 aromatic rings. The molecule has 3 nitrogen and oxygen atoms in total. The van der Waals surface area contributed by atoms with E-state index in [-0.39, 0.29) is 0 Å². The van der Waals surface area contributed by atoms with Crippen molar-refractivity contribution in [2.24, 2.45) is 0 Å². The maximum atomic E-state index is 12.2. The first-order valence-corrected chi connectivity index (χ1v) is 7.17. The van der Waals surface area contributed by atoms with E-state index in [9.17, 15) is 4.79 Å². The first kappa shape index (κ1) is 14.1. The van der Waals surface area contributed by atoms with Gasteiger partial charge in [0.15, 0.2) is 0 Å². The number of amides is 1. The average Bonchev–Trinajstić information content (AvgIpc) is 2.51. The predicted octanol–water partition coefficient (Wildman–Crippen LogP) is 5.07. The maximum absolute atomic E-state index is 12.2. The lowest BCUT2D eigenvalue weighted by molar-refractivity contribution is 0.215. The Morgan fingerprint density at radius 2 is 1.73 bits per heavy atom. The average molecular weight is 291 g/mol. The molecule has 3 heteroatoms. The molecule has 0 aliphatic carbocycles. The van der Waals surface area contributed by atoms with Gasteiger partial charge in [-0.2, -0.15) is 0 Å². The van der Waals surface area contributed by atoms with Crippen molar-refractivity contribution in [2.75, 3.05) is 5.32 Å². The van der Waals surface area contributed by atoms with Crippen molar-refractivity contribution in [1.82, 2.24) is 0 Å². The molecule has 0 unspecified atom stereocenters. The van der Waals surface area contributed by atoms with Crippen LogP contribution < -0.4 is 10.1 Å². The summed E-state index contributed by atoms with van der Waals surface area (Å²) >= 11 is 0. The van der Waals surface area contributed by atoms with E-state index in [1.165, 1.54) is 0 Å². The number of anilines is 1. The number of ether oxygens (including phenoxy) is 1. The van der Waals surface area contributed by atoms with Crippen LogP contribution in [0.1, 0.15) is 11.1 Å². The van der Waals surface area contributed by atoms with E-state index in [0.717, 1.165) is 27.6 Å². The molecular formula is C19H17NO2. The quantitative estimate of drug-likeness (QED) is 0.716. The number of rotatable bonds is 2. The van der Waals surface area contributed by atoms with Gasteiger partial charge in [-0.05, 0) is 42.5 Å². The van der Waals surface area contributed by atoms with Gasteiger partial charge in [-0.25, -0.2) is 4.79 Å². The Morgan fingerprint density at radius 3 is 2.59 bits per heavy atom. The minimum atomic E-state index is -0.481. The van der Waals surface area contributed by atoms with Crippen LogP contribution in [-0.2, 0) is 0 Å². The molecule has 0 heterocycles. The minimum absolute atomic E-state index is 0.481. The van der Waals surface area contributed by atoms with E-state index < -0.39 is 6.09 Å². The maximum Gasteiger partial charge on any atom is 0.417 e. The topological polar surface area (TPSA) is 38.3 Å². The van der Waals surface area contributed by atoms with Crippen LogP contribution in [0.15, 0.2) is 60.7 Å². The predicted molar refractivity (Wildman–Crippen MR) is 89.5 cm³/mol. The zero-order valence-corrected chi connectivity index (χ0v) is 12.6. The van der Waals surface area contributed by atoms with Crippen LogP contribution in [0, 0.1) is 13.8 Å². The summed E-state index contributed by atoms with van der Waals surface area (Å²) in [6.45, 7) is 3.88. The Balaban J connectivity index is 1.83. The monoisotopic (exact) mass is 291 g/mol. The summed E-state index contributed by atoms with van der Waals surface area (Å²) in [6, 6.07) is 19.5. The molecule has 0 spiro atoms. The van der Waals surface area contributed by atoms with E-state index in [2.05, 4.69) is 5.32 Å². The third-order valence-electron chi connectivity index (χ3n) is 3.57. The fourth-order valence-corrected chi connectivity index (χ4v) is 2.39. The number of nitrogens with one attached hydrogen (secondary N) is 1. The number of carbonyl (C=O) groups excluding carboxylic acids is 1. The van der Waals surface area contributed by atoms with E-state index in [0.29, 0.717) is 5.75 Å². The lowest BCUT2D eigenvalue weighted by Gasteiger charge is -2.11. The lowest BCUT2D eigenvalue weighted by Crippen LogP contribution is -2.17. The van der Waals surface area contributed by atoms with Crippen LogP contribution >= 0.6 is 0 Å². The molecule has 110 valence electrons. The van der Waals surface area contributed by atoms with E-state index in [1.54, 1.807) is 0 Å². The number of carbonyl (C=O) groups is 1. The van der Waals surface area contributed by atoms with Crippen molar-refractivity contribution in [1.29, 1.82) is 0 Å². The molecule has 0 aliphatic rings. The number of aryl methyl sites for hydroxylation is 2. The van der Waals surface area contributed by atoms with Crippen LogP contribution in [0.3, 0.4) is 0 Å². The molecule has 0 aromatic heterocycles. The summed E-state index contributed by atoms with van der Waals surface area (Å²) in [6.07, 6.45) is -0.481. The minimum Gasteiger partial charge on any atom is -0.410 e. The number of hydrogen-bond acceptors (Lipinski definition) is 2. The fraction of sp³-hybridized carbons (Fsp3) is 0.105. The molecule has 0 aliphatic heterocycles. The molecule has 3 rings (SSSR count). The van der Waals surface area contributed by atoms with E-state index in [4.69, 9.17) is 4.74 Å². The third kappa shape index (κ3) is 2.93. The van der Waals surface area contributed by atoms with Gasteiger partial charge >= 0.3 is 6.09 Å². The molecular weight excluding hydrogens is 274 g/mol. The smallest absolute Gasteiger partial charge is 0.410 e. The molecule has 1 amide bonds. The molecule has 0 fully saturated rings. The van der Waals surface area contributed by atoms with Gasteiger partial charge in [0.25, 0.3) is 0 Å². The Morgan fingerprint density at radius 1 is 0.955 bits per heavy atom.